The predicted molar refractivity (Wildman–Crippen MR) is 91.1 cm³/mol. The van der Waals surface area contributed by atoms with Crippen molar-refractivity contribution in [3.8, 4) is 0 Å². The first-order valence-corrected chi connectivity index (χ1v) is 8.43. The maximum Gasteiger partial charge on any atom is 0.0519 e. The molecule has 1 fully saturated rings. The summed E-state index contributed by atoms with van der Waals surface area (Å²) in [7, 11) is 0. The van der Waals surface area contributed by atoms with E-state index in [-0.39, 0.29) is 6.04 Å². The molecule has 1 atom stereocenters. The van der Waals surface area contributed by atoms with Gasteiger partial charge in [-0.05, 0) is 73.6 Å². The predicted octanol–water partition coefficient (Wildman–Crippen LogP) is 4.72. The average molecular weight is 288 g/mol. The van der Waals surface area contributed by atoms with E-state index in [0.29, 0.717) is 11.3 Å². The first-order chi connectivity index (χ1) is 9.89. The SMILES string of the molecule is Cc1cc(C)c(C(NN)C2(CC(C)C)CCCC2)cc1C. The molecular formula is C19H32N2. The van der Waals surface area contributed by atoms with Gasteiger partial charge >= 0.3 is 0 Å². The summed E-state index contributed by atoms with van der Waals surface area (Å²) in [6.45, 7) is 11.3. The Labute approximate surface area is 130 Å². The number of benzene rings is 1. The van der Waals surface area contributed by atoms with Gasteiger partial charge in [-0.3, -0.25) is 11.3 Å². The highest BCUT2D eigenvalue weighted by atomic mass is 15.2. The molecule has 21 heavy (non-hydrogen) atoms. The molecule has 0 aliphatic heterocycles. The van der Waals surface area contributed by atoms with E-state index in [4.69, 9.17) is 5.84 Å². The van der Waals surface area contributed by atoms with Crippen LogP contribution in [0.25, 0.3) is 0 Å². The van der Waals surface area contributed by atoms with Crippen molar-refractivity contribution < 1.29 is 0 Å². The normalized spacial score (nSPS) is 19.2. The van der Waals surface area contributed by atoms with E-state index in [2.05, 4.69) is 52.2 Å². The molecule has 2 heteroatoms. The van der Waals surface area contributed by atoms with E-state index in [1.807, 2.05) is 0 Å². The van der Waals surface area contributed by atoms with Crippen LogP contribution in [0.2, 0.25) is 0 Å². The lowest BCUT2D eigenvalue weighted by Gasteiger charge is -2.40. The summed E-state index contributed by atoms with van der Waals surface area (Å²) in [6.07, 6.45) is 6.54. The lowest BCUT2D eigenvalue weighted by atomic mass is 9.69. The minimum atomic E-state index is 0.279. The highest BCUT2D eigenvalue weighted by Crippen LogP contribution is 2.52. The molecule has 2 rings (SSSR count). The number of hydrogen-bond acceptors (Lipinski definition) is 2. The van der Waals surface area contributed by atoms with Crippen LogP contribution in [0.5, 0.6) is 0 Å². The molecule has 0 aromatic heterocycles. The number of nitrogens with one attached hydrogen (secondary N) is 1. The Hall–Kier alpha value is -0.860. The second-order valence-electron chi connectivity index (χ2n) is 7.56. The van der Waals surface area contributed by atoms with Gasteiger partial charge in [-0.1, -0.05) is 38.8 Å². The fourth-order valence-electron chi connectivity index (χ4n) is 4.39. The summed E-state index contributed by atoms with van der Waals surface area (Å²) in [5, 5.41) is 0. The second kappa shape index (κ2) is 6.50. The van der Waals surface area contributed by atoms with Crippen molar-refractivity contribution >= 4 is 0 Å². The molecule has 118 valence electrons. The lowest BCUT2D eigenvalue weighted by molar-refractivity contribution is 0.155. The third kappa shape index (κ3) is 3.32. The highest BCUT2D eigenvalue weighted by molar-refractivity contribution is 5.39. The third-order valence-electron chi connectivity index (χ3n) is 5.39. The Morgan fingerprint density at radius 2 is 1.62 bits per heavy atom. The molecule has 2 nitrogen and oxygen atoms in total. The van der Waals surface area contributed by atoms with Gasteiger partial charge in [-0.25, -0.2) is 0 Å². The molecular weight excluding hydrogens is 256 g/mol. The second-order valence-corrected chi connectivity index (χ2v) is 7.56. The van der Waals surface area contributed by atoms with E-state index < -0.39 is 0 Å². The fourth-order valence-corrected chi connectivity index (χ4v) is 4.39. The van der Waals surface area contributed by atoms with Gasteiger partial charge in [-0.15, -0.1) is 0 Å². The van der Waals surface area contributed by atoms with Crippen molar-refractivity contribution in [1.82, 2.24) is 5.43 Å². The molecule has 0 spiro atoms. The molecule has 0 saturated heterocycles. The Morgan fingerprint density at radius 3 is 2.14 bits per heavy atom. The van der Waals surface area contributed by atoms with Crippen LogP contribution in [0.4, 0.5) is 0 Å². The standard InChI is InChI=1S/C19H32N2/c1-13(2)12-19(8-6-7-9-19)18(21-20)17-11-15(4)14(3)10-16(17)5/h10-11,13,18,21H,6-9,12,20H2,1-5H3. The number of aryl methyl sites for hydroxylation is 3. The van der Waals surface area contributed by atoms with Crippen LogP contribution in [0.1, 0.15) is 74.2 Å². The van der Waals surface area contributed by atoms with Gasteiger partial charge in [0.15, 0.2) is 0 Å². The molecule has 0 amide bonds. The Bertz CT molecular complexity index is 485. The molecule has 1 aliphatic carbocycles. The first-order valence-electron chi connectivity index (χ1n) is 8.43. The minimum Gasteiger partial charge on any atom is -0.271 e. The van der Waals surface area contributed by atoms with Crippen LogP contribution in [-0.4, -0.2) is 0 Å². The average Bonchev–Trinajstić information content (AvgIpc) is 2.84. The van der Waals surface area contributed by atoms with Crippen LogP contribution in [-0.2, 0) is 0 Å². The summed E-state index contributed by atoms with van der Waals surface area (Å²) in [6, 6.07) is 4.95. The van der Waals surface area contributed by atoms with Gasteiger partial charge < -0.3 is 0 Å². The number of rotatable bonds is 5. The molecule has 0 bridgehead atoms. The van der Waals surface area contributed by atoms with Crippen LogP contribution >= 0.6 is 0 Å². The minimum absolute atomic E-state index is 0.279. The number of nitrogens with two attached hydrogens (primary N) is 1. The summed E-state index contributed by atoms with van der Waals surface area (Å²) in [5.41, 5.74) is 9.04. The lowest BCUT2D eigenvalue weighted by Crippen LogP contribution is -2.41. The van der Waals surface area contributed by atoms with Gasteiger partial charge in [-0.2, -0.15) is 0 Å². The summed E-state index contributed by atoms with van der Waals surface area (Å²) < 4.78 is 0. The van der Waals surface area contributed by atoms with Crippen LogP contribution in [0.15, 0.2) is 12.1 Å². The highest BCUT2D eigenvalue weighted by Gasteiger charge is 2.42. The summed E-state index contributed by atoms with van der Waals surface area (Å²) in [5.74, 6) is 6.77. The molecule has 1 aromatic rings. The summed E-state index contributed by atoms with van der Waals surface area (Å²) >= 11 is 0. The van der Waals surface area contributed by atoms with E-state index in [1.165, 1.54) is 54.4 Å². The van der Waals surface area contributed by atoms with Crippen LogP contribution in [0, 0.1) is 32.1 Å². The van der Waals surface area contributed by atoms with Crippen molar-refractivity contribution in [3.63, 3.8) is 0 Å². The van der Waals surface area contributed by atoms with Gasteiger partial charge in [0, 0.05) is 0 Å². The Kier molecular flexibility index (Phi) is 5.11. The van der Waals surface area contributed by atoms with Crippen molar-refractivity contribution in [3.05, 3.63) is 34.4 Å². The molecule has 0 radical (unpaired) electrons. The van der Waals surface area contributed by atoms with Crippen molar-refractivity contribution in [2.45, 2.75) is 72.8 Å². The largest absolute Gasteiger partial charge is 0.271 e. The molecule has 1 unspecified atom stereocenters. The quantitative estimate of drug-likeness (QED) is 0.607. The van der Waals surface area contributed by atoms with E-state index in [9.17, 15) is 0 Å². The Morgan fingerprint density at radius 1 is 1.05 bits per heavy atom. The number of hydrazine groups is 1. The maximum atomic E-state index is 6.05. The fraction of sp³-hybridized carbons (Fsp3) is 0.684. The van der Waals surface area contributed by atoms with Gasteiger partial charge in [0.05, 0.1) is 6.04 Å². The third-order valence-corrected chi connectivity index (χ3v) is 5.39. The van der Waals surface area contributed by atoms with Crippen LogP contribution < -0.4 is 11.3 Å². The van der Waals surface area contributed by atoms with Crippen molar-refractivity contribution in [2.24, 2.45) is 17.2 Å². The van der Waals surface area contributed by atoms with Crippen LogP contribution in [0.3, 0.4) is 0 Å². The molecule has 1 aliphatic rings. The van der Waals surface area contributed by atoms with Gasteiger partial charge in [0.2, 0.25) is 0 Å². The smallest absolute Gasteiger partial charge is 0.0519 e. The first kappa shape index (κ1) is 16.5. The zero-order valence-corrected chi connectivity index (χ0v) is 14.4. The monoisotopic (exact) mass is 288 g/mol. The van der Waals surface area contributed by atoms with E-state index in [0.717, 1.165) is 0 Å². The van der Waals surface area contributed by atoms with E-state index in [1.54, 1.807) is 0 Å². The zero-order chi connectivity index (χ0) is 15.6. The van der Waals surface area contributed by atoms with Gasteiger partial charge in [0.25, 0.3) is 0 Å². The zero-order valence-electron chi connectivity index (χ0n) is 14.4. The maximum absolute atomic E-state index is 6.05. The Balaban J connectivity index is 2.44. The molecule has 1 aromatic carbocycles. The number of hydrogen-bond donors (Lipinski definition) is 2. The van der Waals surface area contributed by atoms with E-state index >= 15 is 0 Å². The topological polar surface area (TPSA) is 38.0 Å². The van der Waals surface area contributed by atoms with Gasteiger partial charge in [0.1, 0.15) is 0 Å². The molecule has 3 N–H and O–H groups in total. The van der Waals surface area contributed by atoms with Crippen molar-refractivity contribution in [2.75, 3.05) is 0 Å². The summed E-state index contributed by atoms with van der Waals surface area (Å²) in [4.78, 5) is 0. The molecule has 0 heterocycles. The molecule has 1 saturated carbocycles. The van der Waals surface area contributed by atoms with Crippen molar-refractivity contribution in [1.29, 1.82) is 0 Å².